The number of thiophene rings is 1. The molecule has 10 heteroatoms. The molecule has 0 aliphatic carbocycles. The Morgan fingerprint density at radius 3 is 2.76 bits per heavy atom. The van der Waals surface area contributed by atoms with Gasteiger partial charge in [-0.05, 0) is 31.0 Å². The van der Waals surface area contributed by atoms with E-state index >= 15 is 0 Å². The molecule has 2 amide bonds. The van der Waals surface area contributed by atoms with Crippen LogP contribution in [0.2, 0.25) is 0 Å². The number of hydrogen-bond acceptors (Lipinski definition) is 7. The lowest BCUT2D eigenvalue weighted by atomic mass is 10.2. The number of nitrogens with zero attached hydrogens (tertiary/aromatic N) is 1. The highest BCUT2D eigenvalue weighted by Crippen LogP contribution is 2.31. The Labute approximate surface area is 174 Å². The number of nitrogens with two attached hydrogens (primary N) is 1. The van der Waals surface area contributed by atoms with Crippen LogP contribution in [-0.2, 0) is 4.79 Å². The molecule has 1 atom stereocenters. The van der Waals surface area contributed by atoms with Gasteiger partial charge in [0.2, 0.25) is 5.91 Å². The predicted octanol–water partition coefficient (Wildman–Crippen LogP) is 2.91. The summed E-state index contributed by atoms with van der Waals surface area (Å²) in [5.41, 5.74) is 6.09. The third-order valence-electron chi connectivity index (χ3n) is 4.28. The second-order valence-electron chi connectivity index (χ2n) is 6.18. The second-order valence-corrected chi connectivity index (χ2v) is 8.37. The zero-order valence-electron chi connectivity index (χ0n) is 16.1. The molecule has 0 aliphatic heterocycles. The molecular formula is C19H20N4O4S2. The molecule has 4 N–H and O–H groups in total. The van der Waals surface area contributed by atoms with Crippen molar-refractivity contribution in [1.29, 1.82) is 0 Å². The highest BCUT2D eigenvalue weighted by atomic mass is 32.2. The average Bonchev–Trinajstić information content (AvgIpc) is 3.03. The molecule has 0 saturated heterocycles. The third kappa shape index (κ3) is 4.28. The highest BCUT2D eigenvalue weighted by Gasteiger charge is 2.22. The number of aromatic nitrogens is 2. The summed E-state index contributed by atoms with van der Waals surface area (Å²) in [7, 11) is 1.52. The number of methoxy groups -OCH3 is 1. The van der Waals surface area contributed by atoms with Gasteiger partial charge in [-0.2, -0.15) is 0 Å². The van der Waals surface area contributed by atoms with Gasteiger partial charge in [0, 0.05) is 0 Å². The first-order valence-corrected chi connectivity index (χ1v) is 10.5. The first-order chi connectivity index (χ1) is 13.8. The van der Waals surface area contributed by atoms with Crippen LogP contribution in [0.4, 0.5) is 5.69 Å². The fourth-order valence-electron chi connectivity index (χ4n) is 2.80. The molecule has 29 heavy (non-hydrogen) atoms. The van der Waals surface area contributed by atoms with E-state index in [1.165, 1.54) is 7.11 Å². The Hall–Kier alpha value is -2.85. The van der Waals surface area contributed by atoms with E-state index < -0.39 is 11.2 Å². The Kier molecular flexibility index (Phi) is 6.23. The van der Waals surface area contributed by atoms with E-state index in [2.05, 4.69) is 15.3 Å². The Morgan fingerprint density at radius 2 is 2.10 bits per heavy atom. The maximum atomic E-state index is 12.8. The van der Waals surface area contributed by atoms with Crippen LogP contribution >= 0.6 is 23.1 Å². The fraction of sp³-hybridized carbons (Fsp3) is 0.263. The van der Waals surface area contributed by atoms with Crippen LogP contribution in [-0.4, -0.2) is 34.1 Å². The molecule has 0 radical (unpaired) electrons. The fourth-order valence-corrected chi connectivity index (χ4v) is 4.78. The van der Waals surface area contributed by atoms with E-state index in [9.17, 15) is 14.4 Å². The van der Waals surface area contributed by atoms with Gasteiger partial charge in [-0.25, -0.2) is 4.98 Å². The summed E-state index contributed by atoms with van der Waals surface area (Å²) in [6.45, 7) is 3.53. The number of carbonyl (C=O) groups is 2. The number of nitrogens with one attached hydrogen (secondary N) is 2. The van der Waals surface area contributed by atoms with Crippen LogP contribution in [0, 0.1) is 6.92 Å². The molecule has 0 spiro atoms. The van der Waals surface area contributed by atoms with Crippen molar-refractivity contribution in [2.45, 2.75) is 30.7 Å². The first kappa shape index (κ1) is 20.9. The summed E-state index contributed by atoms with van der Waals surface area (Å²) in [6, 6.07) is 7.06. The van der Waals surface area contributed by atoms with Crippen molar-refractivity contribution in [3.63, 3.8) is 0 Å². The van der Waals surface area contributed by atoms with Crippen molar-refractivity contribution in [2.24, 2.45) is 5.73 Å². The summed E-state index contributed by atoms with van der Waals surface area (Å²) >= 11 is 2.23. The van der Waals surface area contributed by atoms with Crippen molar-refractivity contribution < 1.29 is 14.3 Å². The summed E-state index contributed by atoms with van der Waals surface area (Å²) in [4.78, 5) is 44.8. The molecule has 8 nitrogen and oxygen atoms in total. The molecule has 0 bridgehead atoms. The number of carbonyl (C=O) groups excluding carboxylic acids is 2. The summed E-state index contributed by atoms with van der Waals surface area (Å²) in [5.74, 6) is -0.294. The van der Waals surface area contributed by atoms with Crippen LogP contribution in [0.3, 0.4) is 0 Å². The molecule has 3 rings (SSSR count). The number of rotatable bonds is 7. The number of amides is 2. The average molecular weight is 433 g/mol. The predicted molar refractivity (Wildman–Crippen MR) is 115 cm³/mol. The van der Waals surface area contributed by atoms with Gasteiger partial charge in [0.15, 0.2) is 5.16 Å². The summed E-state index contributed by atoms with van der Waals surface area (Å²) < 4.78 is 5.25. The van der Waals surface area contributed by atoms with Gasteiger partial charge in [-0.1, -0.05) is 30.8 Å². The van der Waals surface area contributed by atoms with E-state index in [0.29, 0.717) is 43.7 Å². The summed E-state index contributed by atoms with van der Waals surface area (Å²) in [5, 5.41) is 2.97. The van der Waals surface area contributed by atoms with E-state index in [0.717, 1.165) is 23.1 Å². The number of benzene rings is 1. The van der Waals surface area contributed by atoms with Gasteiger partial charge in [0.25, 0.3) is 11.5 Å². The second kappa shape index (κ2) is 8.66. The van der Waals surface area contributed by atoms with E-state index in [1.807, 2.05) is 6.92 Å². The van der Waals surface area contributed by atoms with Gasteiger partial charge < -0.3 is 20.8 Å². The largest absolute Gasteiger partial charge is 0.495 e. The van der Waals surface area contributed by atoms with E-state index in [-0.39, 0.29) is 11.5 Å². The SMILES string of the molecule is CCC(Sc1nc2sc(C(=O)Nc3ccccc3OC)c(C)c2c(=O)[nH]1)C(N)=O. The minimum Gasteiger partial charge on any atom is -0.495 e. The minimum atomic E-state index is -0.495. The van der Waals surface area contributed by atoms with Gasteiger partial charge in [0.1, 0.15) is 10.6 Å². The smallest absolute Gasteiger partial charge is 0.266 e. The van der Waals surface area contributed by atoms with Crippen molar-refractivity contribution in [3.8, 4) is 5.75 Å². The monoisotopic (exact) mass is 432 g/mol. The Bertz CT molecular complexity index is 1140. The van der Waals surface area contributed by atoms with Crippen molar-refractivity contribution in [2.75, 3.05) is 12.4 Å². The minimum absolute atomic E-state index is 0.297. The third-order valence-corrected chi connectivity index (χ3v) is 6.73. The molecule has 152 valence electrons. The number of aromatic amines is 1. The van der Waals surface area contributed by atoms with Gasteiger partial charge in [-0.3, -0.25) is 14.4 Å². The molecule has 1 unspecified atom stereocenters. The summed E-state index contributed by atoms with van der Waals surface area (Å²) in [6.07, 6.45) is 0.512. The van der Waals surface area contributed by atoms with Gasteiger partial charge in [0.05, 0.1) is 28.3 Å². The zero-order valence-corrected chi connectivity index (χ0v) is 17.7. The molecule has 0 saturated carbocycles. The lowest BCUT2D eigenvalue weighted by molar-refractivity contribution is -0.117. The molecule has 1 aromatic carbocycles. The number of primary amides is 1. The molecule has 2 aromatic heterocycles. The number of aryl methyl sites for hydroxylation is 1. The lowest BCUT2D eigenvalue weighted by Gasteiger charge is -2.09. The van der Waals surface area contributed by atoms with Crippen LogP contribution in [0.15, 0.2) is 34.2 Å². The zero-order chi connectivity index (χ0) is 21.1. The van der Waals surface area contributed by atoms with Crippen molar-refractivity contribution in [3.05, 3.63) is 45.1 Å². The lowest BCUT2D eigenvalue weighted by Crippen LogP contribution is -2.25. The van der Waals surface area contributed by atoms with Crippen molar-refractivity contribution >= 4 is 50.8 Å². The Morgan fingerprint density at radius 1 is 1.38 bits per heavy atom. The van der Waals surface area contributed by atoms with E-state index in [4.69, 9.17) is 10.5 Å². The number of para-hydroxylation sites is 2. The van der Waals surface area contributed by atoms with Crippen LogP contribution in [0.25, 0.3) is 10.2 Å². The number of thioether (sulfide) groups is 1. The molecule has 3 aromatic rings. The number of anilines is 1. The molecule has 0 fully saturated rings. The van der Waals surface area contributed by atoms with E-state index in [1.54, 1.807) is 31.2 Å². The van der Waals surface area contributed by atoms with Crippen LogP contribution in [0.5, 0.6) is 5.75 Å². The molecular weight excluding hydrogens is 412 g/mol. The topological polar surface area (TPSA) is 127 Å². The maximum Gasteiger partial charge on any atom is 0.266 e. The Balaban J connectivity index is 1.96. The highest BCUT2D eigenvalue weighted by molar-refractivity contribution is 8.00. The first-order valence-electron chi connectivity index (χ1n) is 8.79. The number of ether oxygens (including phenoxy) is 1. The number of fused-ring (bicyclic) bond motifs is 1. The number of hydrogen-bond donors (Lipinski definition) is 3. The number of H-pyrrole nitrogens is 1. The normalized spacial score (nSPS) is 12.0. The standard InChI is InChI=1S/C19H20N4O4S2/c1-4-12(15(20)24)28-19-22-16(25)13-9(2)14(29-18(13)23-19)17(26)21-10-7-5-6-8-11(10)27-3/h5-8,12H,4H2,1-3H3,(H2,20,24)(H,21,26)(H,22,23,25). The molecule has 0 aliphatic rings. The van der Waals surface area contributed by atoms with Crippen LogP contribution in [0.1, 0.15) is 28.6 Å². The van der Waals surface area contributed by atoms with Crippen molar-refractivity contribution in [1.82, 2.24) is 9.97 Å². The quantitative estimate of drug-likeness (QED) is 0.389. The van der Waals surface area contributed by atoms with Crippen LogP contribution < -0.4 is 21.3 Å². The van der Waals surface area contributed by atoms with Gasteiger partial charge in [-0.15, -0.1) is 11.3 Å². The van der Waals surface area contributed by atoms with Gasteiger partial charge >= 0.3 is 0 Å². The maximum absolute atomic E-state index is 12.8. The molecule has 2 heterocycles.